The molecule has 0 bridgehead atoms. The molecule has 0 saturated heterocycles. The van der Waals surface area contributed by atoms with Crippen LogP contribution in [0.15, 0.2) is 17.7 Å². The first kappa shape index (κ1) is 24.5. The van der Waals surface area contributed by atoms with Gasteiger partial charge in [-0.1, -0.05) is 0 Å². The Morgan fingerprint density at radius 2 is 1.81 bits per heavy atom. The molecule has 0 unspecified atom stereocenters. The van der Waals surface area contributed by atoms with E-state index in [4.69, 9.17) is 4.74 Å². The van der Waals surface area contributed by atoms with Crippen molar-refractivity contribution in [1.82, 2.24) is 0 Å². The molecule has 0 N–H and O–H groups in total. The van der Waals surface area contributed by atoms with Crippen LogP contribution in [0.5, 0.6) is 11.5 Å². The van der Waals surface area contributed by atoms with Gasteiger partial charge in [0, 0.05) is 5.56 Å². The molecular weight excluding hydrogens is 464 g/mol. The smallest absolute Gasteiger partial charge is 0.475 e. The lowest BCUT2D eigenvalue weighted by Crippen LogP contribution is -2.41. The number of benzene rings is 1. The summed E-state index contributed by atoms with van der Waals surface area (Å²) in [6.07, 6.45) is -12.5. The predicted molar refractivity (Wildman–Crippen MR) is 86.3 cm³/mol. The van der Waals surface area contributed by atoms with E-state index in [0.717, 1.165) is 6.07 Å². The zero-order valence-corrected chi connectivity index (χ0v) is 15.6. The third kappa shape index (κ3) is 6.64. The second-order valence-electron chi connectivity index (χ2n) is 5.91. The maximum Gasteiger partial charge on any atom is 0.573 e. The van der Waals surface area contributed by atoms with Crippen molar-refractivity contribution in [3.05, 3.63) is 38.9 Å². The van der Waals surface area contributed by atoms with E-state index in [1.807, 2.05) is 0 Å². The molecule has 0 amide bonds. The van der Waals surface area contributed by atoms with Gasteiger partial charge in [0.25, 0.3) is 5.09 Å². The largest absolute Gasteiger partial charge is 0.573 e. The molecule has 2 rings (SSSR count). The SMILES string of the molecule is Cc1cc(OC(F)(F)F)cc2c1O[C@H](C(F)(F)F)C(C(=O)OCOC(=O)CO[N+](=O)[O-])=C2. The van der Waals surface area contributed by atoms with Crippen molar-refractivity contribution in [1.29, 1.82) is 0 Å². The number of fused-ring (bicyclic) bond motifs is 1. The molecule has 0 spiro atoms. The van der Waals surface area contributed by atoms with Gasteiger partial charge in [-0.15, -0.1) is 23.3 Å². The molecule has 176 valence electrons. The summed E-state index contributed by atoms with van der Waals surface area (Å²) in [4.78, 5) is 36.8. The van der Waals surface area contributed by atoms with E-state index in [9.17, 15) is 46.0 Å². The van der Waals surface area contributed by atoms with E-state index in [1.54, 1.807) is 0 Å². The summed E-state index contributed by atoms with van der Waals surface area (Å²) >= 11 is 0. The summed E-state index contributed by atoms with van der Waals surface area (Å²) in [7, 11) is 0. The van der Waals surface area contributed by atoms with Crippen LogP contribution >= 0.6 is 0 Å². The first-order valence-corrected chi connectivity index (χ1v) is 8.13. The van der Waals surface area contributed by atoms with Crippen LogP contribution in [0.25, 0.3) is 6.08 Å². The third-order valence-electron chi connectivity index (χ3n) is 3.57. The molecule has 1 atom stereocenters. The number of rotatable bonds is 7. The minimum atomic E-state index is -5.13. The van der Waals surface area contributed by atoms with E-state index in [1.165, 1.54) is 6.92 Å². The molecule has 1 heterocycles. The third-order valence-corrected chi connectivity index (χ3v) is 3.57. The maximum atomic E-state index is 13.4. The summed E-state index contributed by atoms with van der Waals surface area (Å²) in [5.74, 6) is -4.26. The van der Waals surface area contributed by atoms with Crippen LogP contribution in [-0.2, 0) is 23.9 Å². The lowest BCUT2D eigenvalue weighted by Gasteiger charge is -2.29. The summed E-state index contributed by atoms with van der Waals surface area (Å²) in [5.41, 5.74) is -1.64. The quantitative estimate of drug-likeness (QED) is 0.193. The Balaban J connectivity index is 2.25. The molecule has 0 radical (unpaired) electrons. The first-order chi connectivity index (χ1) is 14.7. The molecule has 0 aliphatic carbocycles. The highest BCUT2D eigenvalue weighted by Gasteiger charge is 2.49. The fraction of sp³-hybridized carbons (Fsp3) is 0.375. The Hall–Kier alpha value is -3.72. The van der Waals surface area contributed by atoms with Crippen molar-refractivity contribution in [3.8, 4) is 11.5 Å². The number of carbonyl (C=O) groups is 2. The zero-order valence-electron chi connectivity index (χ0n) is 15.6. The Labute approximate surface area is 173 Å². The molecule has 0 fully saturated rings. The van der Waals surface area contributed by atoms with Crippen LogP contribution in [-0.4, -0.2) is 49.1 Å². The number of ether oxygens (including phenoxy) is 4. The zero-order chi connectivity index (χ0) is 24.3. The van der Waals surface area contributed by atoms with Crippen LogP contribution in [0.2, 0.25) is 0 Å². The monoisotopic (exact) mass is 475 g/mol. The number of alkyl halides is 6. The minimum absolute atomic E-state index is 0.139. The van der Waals surface area contributed by atoms with Gasteiger partial charge >= 0.3 is 24.5 Å². The molecular formula is C16H11F6NO9. The average Bonchev–Trinajstić information content (AvgIpc) is 2.63. The molecule has 1 aliphatic rings. The Kier molecular flexibility index (Phi) is 7.05. The van der Waals surface area contributed by atoms with Gasteiger partial charge in [-0.3, -0.25) is 0 Å². The second kappa shape index (κ2) is 9.19. The van der Waals surface area contributed by atoms with Gasteiger partial charge in [0.2, 0.25) is 12.9 Å². The number of aryl methyl sites for hydroxylation is 1. The summed E-state index contributed by atoms with van der Waals surface area (Å²) in [6, 6.07) is 1.49. The van der Waals surface area contributed by atoms with Crippen molar-refractivity contribution < 1.29 is 64.8 Å². The van der Waals surface area contributed by atoms with E-state index in [0.29, 0.717) is 12.1 Å². The Bertz CT molecular complexity index is 941. The van der Waals surface area contributed by atoms with Gasteiger partial charge in [0.05, 0.1) is 5.57 Å². The Morgan fingerprint density at radius 1 is 1.16 bits per heavy atom. The minimum Gasteiger partial charge on any atom is -0.475 e. The average molecular weight is 475 g/mol. The predicted octanol–water partition coefficient (Wildman–Crippen LogP) is 2.85. The molecule has 1 aromatic carbocycles. The molecule has 0 aromatic heterocycles. The topological polar surface area (TPSA) is 123 Å². The van der Waals surface area contributed by atoms with Crippen LogP contribution in [0, 0.1) is 17.0 Å². The number of esters is 2. The Morgan fingerprint density at radius 3 is 2.38 bits per heavy atom. The van der Waals surface area contributed by atoms with E-state index < -0.39 is 66.1 Å². The van der Waals surface area contributed by atoms with Gasteiger partial charge < -0.3 is 23.8 Å². The highest BCUT2D eigenvalue weighted by Crippen LogP contribution is 2.41. The number of hydrogen-bond acceptors (Lipinski definition) is 9. The number of carbonyl (C=O) groups excluding carboxylic acids is 2. The number of halogens is 6. The maximum absolute atomic E-state index is 13.4. The van der Waals surface area contributed by atoms with Gasteiger partial charge in [0.1, 0.15) is 11.5 Å². The van der Waals surface area contributed by atoms with Crippen LogP contribution in [0.1, 0.15) is 11.1 Å². The number of hydrogen-bond donors (Lipinski definition) is 0. The molecule has 1 aliphatic heterocycles. The van der Waals surface area contributed by atoms with Crippen LogP contribution < -0.4 is 9.47 Å². The number of nitrogens with zero attached hydrogens (tertiary/aromatic N) is 1. The lowest BCUT2D eigenvalue weighted by atomic mass is 9.99. The van der Waals surface area contributed by atoms with Crippen molar-refractivity contribution in [3.63, 3.8) is 0 Å². The van der Waals surface area contributed by atoms with E-state index >= 15 is 0 Å². The summed E-state index contributed by atoms with van der Waals surface area (Å²) < 4.78 is 94.7. The standard InChI is InChI=1S/C16H11F6NO9/c1-7-2-9(32-16(20,21)22)3-8-4-10(13(15(17,18)19)31-12(7)8)14(25)29-6-28-11(24)5-30-23(26)27/h2-4,13H,5-6H2,1H3/t13-/m0/s1. The van der Waals surface area contributed by atoms with Gasteiger partial charge in [-0.05, 0) is 30.7 Å². The fourth-order valence-corrected chi connectivity index (χ4v) is 2.44. The normalized spacial score (nSPS) is 15.6. The van der Waals surface area contributed by atoms with Gasteiger partial charge in [0.15, 0.2) is 6.61 Å². The molecule has 0 saturated carbocycles. The molecule has 16 heteroatoms. The van der Waals surface area contributed by atoms with Crippen molar-refractivity contribution in [2.24, 2.45) is 0 Å². The second-order valence-corrected chi connectivity index (χ2v) is 5.91. The lowest BCUT2D eigenvalue weighted by molar-refractivity contribution is -0.754. The van der Waals surface area contributed by atoms with Crippen molar-refractivity contribution in [2.75, 3.05) is 13.4 Å². The highest BCUT2D eigenvalue weighted by atomic mass is 19.4. The van der Waals surface area contributed by atoms with Crippen LogP contribution in [0.4, 0.5) is 26.3 Å². The van der Waals surface area contributed by atoms with Crippen molar-refractivity contribution in [2.45, 2.75) is 25.6 Å². The summed E-state index contributed by atoms with van der Waals surface area (Å²) in [5, 5.41) is 8.62. The van der Waals surface area contributed by atoms with E-state index in [-0.39, 0.29) is 11.1 Å². The first-order valence-electron chi connectivity index (χ1n) is 8.13. The molecule has 10 nitrogen and oxygen atoms in total. The van der Waals surface area contributed by atoms with Gasteiger partial charge in [-0.25, -0.2) is 9.59 Å². The van der Waals surface area contributed by atoms with Crippen molar-refractivity contribution >= 4 is 18.0 Å². The molecule has 1 aromatic rings. The van der Waals surface area contributed by atoms with Crippen LogP contribution in [0.3, 0.4) is 0 Å². The fourth-order valence-electron chi connectivity index (χ4n) is 2.44. The highest BCUT2D eigenvalue weighted by molar-refractivity contribution is 5.96. The van der Waals surface area contributed by atoms with Gasteiger partial charge in [-0.2, -0.15) is 13.2 Å². The summed E-state index contributed by atoms with van der Waals surface area (Å²) in [6.45, 7) is -1.24. The van der Waals surface area contributed by atoms with E-state index in [2.05, 4.69) is 19.0 Å². The molecule has 32 heavy (non-hydrogen) atoms.